The first kappa shape index (κ1) is 17.6. The molecule has 0 bridgehead atoms. The van der Waals surface area contributed by atoms with Crippen molar-refractivity contribution in [2.24, 2.45) is 0 Å². The fourth-order valence-electron chi connectivity index (χ4n) is 2.89. The highest BCUT2D eigenvalue weighted by Gasteiger charge is 2.19. The smallest absolute Gasteiger partial charge is 0.252 e. The fourth-order valence-corrected chi connectivity index (χ4v) is 3.52. The number of carbonyl (C=O) groups excluding carboxylic acids is 1. The number of nitrogens with zero attached hydrogens (tertiary/aromatic N) is 3. The van der Waals surface area contributed by atoms with E-state index in [1.165, 1.54) is 0 Å². The lowest BCUT2D eigenvalue weighted by atomic mass is 10.1. The second kappa shape index (κ2) is 6.96. The molecule has 0 saturated heterocycles. The van der Waals surface area contributed by atoms with Gasteiger partial charge >= 0.3 is 0 Å². The average molecular weight is 401 g/mol. The van der Waals surface area contributed by atoms with Crippen LogP contribution in [0.3, 0.4) is 0 Å². The van der Waals surface area contributed by atoms with Crippen molar-refractivity contribution in [2.45, 2.75) is 39.8 Å². The molecule has 1 aromatic carbocycles. The van der Waals surface area contributed by atoms with Crippen LogP contribution in [0.2, 0.25) is 0 Å². The number of hydrogen-bond acceptors (Lipinski definition) is 3. The number of rotatable bonds is 4. The second-order valence-electron chi connectivity index (χ2n) is 6.45. The molecule has 1 amide bonds. The fraction of sp³-hybridized carbons (Fsp3) is 0.316. The van der Waals surface area contributed by atoms with Crippen LogP contribution < -0.4 is 5.32 Å². The minimum absolute atomic E-state index is 0.119. The van der Waals surface area contributed by atoms with Crippen molar-refractivity contribution in [3.05, 3.63) is 57.8 Å². The maximum Gasteiger partial charge on any atom is 0.252 e. The number of nitrogens with one attached hydrogen (secondary N) is 1. The molecule has 1 unspecified atom stereocenters. The van der Waals surface area contributed by atoms with Gasteiger partial charge in [-0.2, -0.15) is 5.10 Å². The van der Waals surface area contributed by atoms with E-state index in [-0.39, 0.29) is 18.0 Å². The van der Waals surface area contributed by atoms with Crippen LogP contribution in [0.5, 0.6) is 0 Å². The molecule has 25 heavy (non-hydrogen) atoms. The summed E-state index contributed by atoms with van der Waals surface area (Å²) in [5.41, 5.74) is 3.19. The largest absolute Gasteiger partial charge is 0.345 e. The quantitative estimate of drug-likeness (QED) is 0.697. The van der Waals surface area contributed by atoms with Gasteiger partial charge in [-0.15, -0.1) is 0 Å². The van der Waals surface area contributed by atoms with E-state index >= 15 is 0 Å². The van der Waals surface area contributed by atoms with Crippen LogP contribution in [0.1, 0.15) is 54.5 Å². The van der Waals surface area contributed by atoms with Gasteiger partial charge in [0.15, 0.2) is 5.65 Å². The molecule has 0 fully saturated rings. The van der Waals surface area contributed by atoms with E-state index in [0.29, 0.717) is 5.56 Å². The molecule has 0 aliphatic heterocycles. The maximum atomic E-state index is 12.9. The molecule has 2 aromatic heterocycles. The number of halogens is 1. The molecular formula is C19H21BrN4O. The number of benzene rings is 1. The predicted molar refractivity (Wildman–Crippen MR) is 103 cm³/mol. The first-order chi connectivity index (χ1) is 11.9. The summed E-state index contributed by atoms with van der Waals surface area (Å²) in [7, 11) is 0. The van der Waals surface area contributed by atoms with Crippen molar-refractivity contribution >= 4 is 32.9 Å². The van der Waals surface area contributed by atoms with Gasteiger partial charge in [0.2, 0.25) is 0 Å². The van der Waals surface area contributed by atoms with Crippen LogP contribution in [0.15, 0.2) is 41.0 Å². The van der Waals surface area contributed by atoms with Gasteiger partial charge in [0.05, 0.1) is 23.2 Å². The monoisotopic (exact) mass is 400 g/mol. The summed E-state index contributed by atoms with van der Waals surface area (Å²) < 4.78 is 2.82. The SMILES string of the molecule is Cc1cc(C(=O)NC(C)c2ccccc2Br)c2cnn(C(C)C)c2n1. The Morgan fingerprint density at radius 2 is 1.96 bits per heavy atom. The molecule has 3 rings (SSSR count). The molecule has 0 saturated carbocycles. The van der Waals surface area contributed by atoms with Gasteiger partial charge < -0.3 is 5.32 Å². The standard InChI is InChI=1S/C19H21BrN4O/c1-11(2)24-18-16(10-21-24)15(9-12(3)22-18)19(25)23-13(4)14-7-5-6-8-17(14)20/h5-11,13H,1-4H3,(H,23,25). The molecule has 1 N–H and O–H groups in total. The summed E-state index contributed by atoms with van der Waals surface area (Å²) in [6.45, 7) is 7.96. The topological polar surface area (TPSA) is 59.8 Å². The van der Waals surface area contributed by atoms with Crippen LogP contribution in [-0.4, -0.2) is 20.7 Å². The average Bonchev–Trinajstić information content (AvgIpc) is 2.98. The Labute approximate surface area is 155 Å². The summed E-state index contributed by atoms with van der Waals surface area (Å²) in [6.07, 6.45) is 1.72. The maximum absolute atomic E-state index is 12.9. The van der Waals surface area contributed by atoms with E-state index in [4.69, 9.17) is 0 Å². The third-order valence-electron chi connectivity index (χ3n) is 4.15. The van der Waals surface area contributed by atoms with E-state index in [1.807, 2.05) is 62.7 Å². The lowest BCUT2D eigenvalue weighted by Gasteiger charge is -2.16. The van der Waals surface area contributed by atoms with Crippen molar-refractivity contribution in [1.82, 2.24) is 20.1 Å². The molecule has 2 heterocycles. The van der Waals surface area contributed by atoms with Gasteiger partial charge in [-0.25, -0.2) is 9.67 Å². The lowest BCUT2D eigenvalue weighted by Crippen LogP contribution is -2.27. The van der Waals surface area contributed by atoms with Crippen LogP contribution in [-0.2, 0) is 0 Å². The lowest BCUT2D eigenvalue weighted by molar-refractivity contribution is 0.0941. The van der Waals surface area contributed by atoms with Gasteiger partial charge in [-0.1, -0.05) is 34.1 Å². The minimum Gasteiger partial charge on any atom is -0.345 e. The van der Waals surface area contributed by atoms with Crippen molar-refractivity contribution < 1.29 is 4.79 Å². The molecule has 0 spiro atoms. The third-order valence-corrected chi connectivity index (χ3v) is 4.87. The summed E-state index contributed by atoms with van der Waals surface area (Å²) >= 11 is 3.54. The van der Waals surface area contributed by atoms with Gasteiger partial charge in [0.25, 0.3) is 5.91 Å². The van der Waals surface area contributed by atoms with E-state index in [0.717, 1.165) is 26.8 Å². The van der Waals surface area contributed by atoms with Crippen molar-refractivity contribution in [3.8, 4) is 0 Å². The van der Waals surface area contributed by atoms with Crippen LogP contribution in [0, 0.1) is 6.92 Å². The Balaban J connectivity index is 1.96. The Morgan fingerprint density at radius 3 is 2.64 bits per heavy atom. The molecule has 5 nitrogen and oxygen atoms in total. The van der Waals surface area contributed by atoms with E-state index in [2.05, 4.69) is 31.3 Å². The normalized spacial score (nSPS) is 12.6. The Hall–Kier alpha value is -2.21. The van der Waals surface area contributed by atoms with Gasteiger partial charge in [0, 0.05) is 16.2 Å². The Kier molecular flexibility index (Phi) is 4.90. The van der Waals surface area contributed by atoms with E-state index in [1.54, 1.807) is 6.20 Å². The van der Waals surface area contributed by atoms with Crippen molar-refractivity contribution in [2.75, 3.05) is 0 Å². The number of amides is 1. The minimum atomic E-state index is -0.123. The zero-order chi connectivity index (χ0) is 18.1. The Morgan fingerprint density at radius 1 is 1.24 bits per heavy atom. The van der Waals surface area contributed by atoms with Gasteiger partial charge in [-0.3, -0.25) is 4.79 Å². The zero-order valence-corrected chi connectivity index (χ0v) is 16.3. The molecule has 0 aliphatic carbocycles. The molecule has 6 heteroatoms. The van der Waals surface area contributed by atoms with E-state index in [9.17, 15) is 4.79 Å². The molecule has 3 aromatic rings. The Bertz CT molecular complexity index is 932. The number of aryl methyl sites for hydroxylation is 1. The molecular weight excluding hydrogens is 380 g/mol. The number of hydrogen-bond donors (Lipinski definition) is 1. The highest BCUT2D eigenvalue weighted by atomic mass is 79.9. The second-order valence-corrected chi connectivity index (χ2v) is 7.30. The van der Waals surface area contributed by atoms with Crippen LogP contribution in [0.25, 0.3) is 11.0 Å². The third kappa shape index (κ3) is 3.44. The number of aromatic nitrogens is 3. The predicted octanol–water partition coefficient (Wildman–Crippen LogP) is 4.57. The van der Waals surface area contributed by atoms with Gasteiger partial charge in [-0.05, 0) is 45.4 Å². The summed E-state index contributed by atoms with van der Waals surface area (Å²) in [5.74, 6) is -0.123. The molecule has 130 valence electrons. The van der Waals surface area contributed by atoms with E-state index < -0.39 is 0 Å². The molecule has 1 atom stereocenters. The van der Waals surface area contributed by atoms with Gasteiger partial charge in [0.1, 0.15) is 0 Å². The summed E-state index contributed by atoms with van der Waals surface area (Å²) in [5, 5.41) is 8.25. The number of carbonyl (C=O) groups is 1. The summed E-state index contributed by atoms with van der Waals surface area (Å²) in [6, 6.07) is 9.77. The highest BCUT2D eigenvalue weighted by Crippen LogP contribution is 2.25. The molecule has 0 radical (unpaired) electrons. The zero-order valence-electron chi connectivity index (χ0n) is 14.7. The number of fused-ring (bicyclic) bond motifs is 1. The van der Waals surface area contributed by atoms with Crippen LogP contribution in [0.4, 0.5) is 0 Å². The summed E-state index contributed by atoms with van der Waals surface area (Å²) in [4.78, 5) is 17.5. The van der Waals surface area contributed by atoms with Crippen molar-refractivity contribution in [3.63, 3.8) is 0 Å². The van der Waals surface area contributed by atoms with Crippen molar-refractivity contribution in [1.29, 1.82) is 0 Å². The first-order valence-corrected chi connectivity index (χ1v) is 9.08. The number of pyridine rings is 1. The molecule has 0 aliphatic rings. The highest BCUT2D eigenvalue weighted by molar-refractivity contribution is 9.10. The van der Waals surface area contributed by atoms with Crippen LogP contribution >= 0.6 is 15.9 Å². The first-order valence-electron chi connectivity index (χ1n) is 8.28.